The van der Waals surface area contributed by atoms with Crippen LogP contribution in [0.3, 0.4) is 0 Å². The number of benzene rings is 3. The molecule has 2 aliphatic rings. The molecule has 0 radical (unpaired) electrons. The number of rotatable bonds is 12. The highest BCUT2D eigenvalue weighted by Crippen LogP contribution is 2.31. The highest BCUT2D eigenvalue weighted by atomic mass is 32.1. The fourth-order valence-corrected chi connectivity index (χ4v) is 7.57. The number of carbonyl (C=O) groups is 4. The molecule has 2 fully saturated rings. The van der Waals surface area contributed by atoms with Crippen LogP contribution < -0.4 is 16.0 Å². The van der Waals surface area contributed by atoms with Crippen LogP contribution >= 0.6 is 11.3 Å². The highest BCUT2D eigenvalue weighted by Gasteiger charge is 2.44. The smallest absolute Gasteiger partial charge is 0.345 e. The van der Waals surface area contributed by atoms with Crippen molar-refractivity contribution in [1.82, 2.24) is 20.9 Å². The largest absolute Gasteiger partial charge is 0.477 e. The molecule has 2 aromatic heterocycles. The molecular weight excluding hydrogens is 681 g/mol. The molecule has 0 bridgehead atoms. The van der Waals surface area contributed by atoms with Crippen molar-refractivity contribution >= 4 is 56.1 Å². The highest BCUT2D eigenvalue weighted by molar-refractivity contribution is 7.20. The Bertz CT molecular complexity index is 1910. The van der Waals surface area contributed by atoms with E-state index in [9.17, 15) is 19.2 Å². The normalized spacial score (nSPS) is 16.1. The van der Waals surface area contributed by atoms with E-state index in [0.717, 1.165) is 73.1 Å². The summed E-state index contributed by atoms with van der Waals surface area (Å²) in [7, 11) is 0. The topological polar surface area (TPSA) is 150 Å². The quantitative estimate of drug-likeness (QED) is 0.121. The van der Waals surface area contributed by atoms with Gasteiger partial charge in [0.05, 0.1) is 13.2 Å². The van der Waals surface area contributed by atoms with Crippen LogP contribution in [0.4, 0.5) is 0 Å². The Morgan fingerprint density at radius 1 is 0.865 bits per heavy atom. The van der Waals surface area contributed by atoms with Crippen LogP contribution in [-0.2, 0) is 20.7 Å². The van der Waals surface area contributed by atoms with Gasteiger partial charge >= 0.3 is 5.97 Å². The first kappa shape index (κ1) is 36.7. The molecule has 1 unspecified atom stereocenters. The summed E-state index contributed by atoms with van der Waals surface area (Å²) in [5.74, 6) is -1.68. The van der Waals surface area contributed by atoms with Crippen molar-refractivity contribution in [3.05, 3.63) is 107 Å². The van der Waals surface area contributed by atoms with Gasteiger partial charge in [0.1, 0.15) is 22.0 Å². The van der Waals surface area contributed by atoms with Gasteiger partial charge < -0.3 is 30.2 Å². The Kier molecular flexibility index (Phi) is 12.3. The molecule has 52 heavy (non-hydrogen) atoms. The number of carbonyl (C=O) groups excluding carboxylic acids is 3. The van der Waals surface area contributed by atoms with E-state index < -0.39 is 23.5 Å². The summed E-state index contributed by atoms with van der Waals surface area (Å²) in [6.45, 7) is 4.70. The number of carboxylic acid groups (broad SMARTS) is 1. The molecule has 1 aliphatic carbocycles. The summed E-state index contributed by atoms with van der Waals surface area (Å²) < 4.78 is 12.2. The first-order chi connectivity index (χ1) is 25.3. The molecular formula is C40H44N4O7S. The standard InChI is InChI=1S/C31H38N4O5.C9H6O2S/c36-28(32-15-8-16-35-17-19-39-20-18-35)25(21-23-9-2-1-3-10-23)33-30(38)31(13-6-7-14-31)34-29(37)27-22-24-11-4-5-12-26(24)40-27;10-9(11)8-5-6-3-1-2-4-7(6)12-8/h1-5,9-12,22,25H,6-8,13-21H2,(H,32,36)(H,33,38)(H,34,37);1-5H,(H,10,11). The number of carboxylic acids is 1. The van der Waals surface area contributed by atoms with Crippen LogP contribution in [0.2, 0.25) is 0 Å². The van der Waals surface area contributed by atoms with Gasteiger partial charge in [0, 0.05) is 36.1 Å². The summed E-state index contributed by atoms with van der Waals surface area (Å²) in [6.07, 6.45) is 3.80. The Hall–Kier alpha value is -5.04. The number of hydrogen-bond donors (Lipinski definition) is 4. The zero-order chi connectivity index (χ0) is 36.3. The molecule has 11 nitrogen and oxygen atoms in total. The third kappa shape index (κ3) is 9.44. The number of nitrogens with zero attached hydrogens (tertiary/aromatic N) is 1. The molecule has 3 heterocycles. The summed E-state index contributed by atoms with van der Waals surface area (Å²) in [5, 5.41) is 19.5. The lowest BCUT2D eigenvalue weighted by molar-refractivity contribution is -0.132. The van der Waals surface area contributed by atoms with E-state index in [1.807, 2.05) is 72.8 Å². The predicted molar refractivity (Wildman–Crippen MR) is 201 cm³/mol. The maximum absolute atomic E-state index is 13.8. The van der Waals surface area contributed by atoms with Crippen LogP contribution in [-0.4, -0.2) is 84.7 Å². The van der Waals surface area contributed by atoms with Gasteiger partial charge in [0.15, 0.2) is 5.76 Å². The lowest BCUT2D eigenvalue weighted by atomic mass is 9.94. The maximum Gasteiger partial charge on any atom is 0.345 e. The minimum Gasteiger partial charge on any atom is -0.477 e. The Labute approximate surface area is 306 Å². The molecule has 3 aromatic carbocycles. The molecule has 3 amide bonds. The number of furan rings is 1. The van der Waals surface area contributed by atoms with Gasteiger partial charge in [-0.05, 0) is 61.0 Å². The molecule has 1 saturated carbocycles. The average molecular weight is 725 g/mol. The second-order valence-electron chi connectivity index (χ2n) is 13.2. The van der Waals surface area contributed by atoms with E-state index in [4.69, 9.17) is 14.3 Å². The fraction of sp³-hybridized carbons (Fsp3) is 0.350. The number of fused-ring (bicyclic) bond motifs is 2. The number of para-hydroxylation sites is 1. The monoisotopic (exact) mass is 724 g/mol. The fourth-order valence-electron chi connectivity index (χ4n) is 6.67. The third-order valence-corrected chi connectivity index (χ3v) is 10.6. The minimum absolute atomic E-state index is 0.166. The number of thiophene rings is 1. The van der Waals surface area contributed by atoms with Crippen LogP contribution in [0.25, 0.3) is 21.1 Å². The summed E-state index contributed by atoms with van der Waals surface area (Å²) in [6, 6.07) is 27.3. The number of hydrogen-bond acceptors (Lipinski definition) is 8. The second-order valence-corrected chi connectivity index (χ2v) is 14.2. The molecule has 12 heteroatoms. The van der Waals surface area contributed by atoms with Gasteiger partial charge in [-0.25, -0.2) is 4.79 Å². The summed E-state index contributed by atoms with van der Waals surface area (Å²) >= 11 is 1.31. The second kappa shape index (κ2) is 17.5. The van der Waals surface area contributed by atoms with E-state index in [1.54, 1.807) is 18.2 Å². The van der Waals surface area contributed by atoms with Crippen molar-refractivity contribution < 1.29 is 33.4 Å². The number of morpholine rings is 1. The molecule has 4 N–H and O–H groups in total. The molecule has 272 valence electrons. The van der Waals surface area contributed by atoms with E-state index in [1.165, 1.54) is 11.3 Å². The Morgan fingerprint density at radius 2 is 1.56 bits per heavy atom. The predicted octanol–water partition coefficient (Wildman–Crippen LogP) is 5.64. The summed E-state index contributed by atoms with van der Waals surface area (Å²) in [4.78, 5) is 53.7. The first-order valence-corrected chi connectivity index (χ1v) is 18.6. The lowest BCUT2D eigenvalue weighted by Crippen LogP contribution is -2.61. The zero-order valence-corrected chi connectivity index (χ0v) is 29.8. The Balaban J connectivity index is 0.000000325. The summed E-state index contributed by atoms with van der Waals surface area (Å²) in [5.41, 5.74) is 0.468. The van der Waals surface area contributed by atoms with Crippen molar-refractivity contribution in [2.75, 3.05) is 39.4 Å². The zero-order valence-electron chi connectivity index (χ0n) is 29.0. The van der Waals surface area contributed by atoms with Gasteiger partial charge in [0.2, 0.25) is 11.8 Å². The molecule has 0 spiro atoms. The molecule has 7 rings (SSSR count). The Morgan fingerprint density at radius 3 is 2.27 bits per heavy atom. The van der Waals surface area contributed by atoms with Crippen molar-refractivity contribution in [3.63, 3.8) is 0 Å². The van der Waals surface area contributed by atoms with Crippen molar-refractivity contribution in [3.8, 4) is 0 Å². The van der Waals surface area contributed by atoms with E-state index >= 15 is 0 Å². The van der Waals surface area contributed by atoms with E-state index in [-0.39, 0.29) is 17.6 Å². The lowest BCUT2D eigenvalue weighted by Gasteiger charge is -2.31. The molecule has 5 aromatic rings. The number of nitrogens with one attached hydrogen (secondary N) is 3. The number of amides is 3. The molecule has 1 aliphatic heterocycles. The van der Waals surface area contributed by atoms with Gasteiger partial charge in [-0.1, -0.05) is 79.6 Å². The van der Waals surface area contributed by atoms with Crippen LogP contribution in [0.15, 0.2) is 95.4 Å². The third-order valence-electron chi connectivity index (χ3n) is 9.49. The number of aromatic carboxylic acids is 1. The van der Waals surface area contributed by atoms with E-state index in [0.29, 0.717) is 36.3 Å². The van der Waals surface area contributed by atoms with Crippen molar-refractivity contribution in [2.24, 2.45) is 0 Å². The number of ether oxygens (including phenoxy) is 1. The van der Waals surface area contributed by atoms with Crippen LogP contribution in [0.5, 0.6) is 0 Å². The van der Waals surface area contributed by atoms with Crippen molar-refractivity contribution in [1.29, 1.82) is 0 Å². The van der Waals surface area contributed by atoms with Gasteiger partial charge in [-0.3, -0.25) is 19.3 Å². The average Bonchev–Trinajstić information content (AvgIpc) is 3.93. The molecule has 1 atom stereocenters. The van der Waals surface area contributed by atoms with Gasteiger partial charge in [-0.15, -0.1) is 11.3 Å². The minimum atomic E-state index is -1.10. The van der Waals surface area contributed by atoms with Gasteiger partial charge in [0.25, 0.3) is 5.91 Å². The van der Waals surface area contributed by atoms with E-state index in [2.05, 4.69) is 20.9 Å². The van der Waals surface area contributed by atoms with Crippen LogP contribution in [0.1, 0.15) is 57.9 Å². The SMILES string of the molecule is O=C(NC1(C(=O)NC(Cc2ccccc2)C(=O)NCCCN2CCOCC2)CCCC1)c1cc2ccccc2o1.O=C(O)c1cc2ccccc2s1. The van der Waals surface area contributed by atoms with Gasteiger partial charge in [-0.2, -0.15) is 0 Å². The van der Waals surface area contributed by atoms with Crippen molar-refractivity contribution in [2.45, 2.75) is 50.1 Å². The maximum atomic E-state index is 13.8. The molecule has 1 saturated heterocycles. The first-order valence-electron chi connectivity index (χ1n) is 17.8. The van der Waals surface area contributed by atoms with Crippen LogP contribution in [0, 0.1) is 0 Å².